The lowest BCUT2D eigenvalue weighted by molar-refractivity contribution is -0.120. The van der Waals surface area contributed by atoms with Crippen LogP contribution >= 0.6 is 0 Å². The average Bonchev–Trinajstić information content (AvgIpc) is 2.36. The molecule has 0 bridgehead atoms. The van der Waals surface area contributed by atoms with E-state index in [1.165, 1.54) is 0 Å². The molecule has 100 valence electrons. The quantitative estimate of drug-likeness (QED) is 0.814. The molecule has 1 atom stereocenters. The van der Waals surface area contributed by atoms with Gasteiger partial charge in [-0.3, -0.25) is 4.79 Å². The number of anilines is 1. The zero-order chi connectivity index (χ0) is 13.5. The summed E-state index contributed by atoms with van der Waals surface area (Å²) in [5, 5.41) is 6.01. The lowest BCUT2D eigenvalue weighted by atomic mass is 10.2. The van der Waals surface area contributed by atoms with E-state index in [9.17, 15) is 4.79 Å². The molecule has 0 aliphatic carbocycles. The molecule has 1 aromatic rings. The van der Waals surface area contributed by atoms with Gasteiger partial charge in [0, 0.05) is 6.04 Å². The number of hydrogen-bond acceptors (Lipinski definition) is 3. The van der Waals surface area contributed by atoms with Gasteiger partial charge in [0.05, 0.1) is 19.3 Å². The Balaban J connectivity index is 2.57. The fraction of sp³-hybridized carbons (Fsp3) is 0.500. The van der Waals surface area contributed by atoms with Crippen LogP contribution in [-0.2, 0) is 4.79 Å². The number of carbonyl (C=O) groups is 1. The summed E-state index contributed by atoms with van der Waals surface area (Å²) in [7, 11) is 1.62. The molecule has 0 aliphatic rings. The SMILES string of the molecule is CCC(C)NC(=O)CNc1cc(C)ccc1OC. The van der Waals surface area contributed by atoms with Gasteiger partial charge in [-0.25, -0.2) is 0 Å². The molecular weight excluding hydrogens is 228 g/mol. The molecule has 0 saturated heterocycles. The van der Waals surface area contributed by atoms with Crippen molar-refractivity contribution >= 4 is 11.6 Å². The molecular formula is C14H22N2O2. The number of ether oxygens (including phenoxy) is 1. The van der Waals surface area contributed by atoms with Gasteiger partial charge in [-0.1, -0.05) is 13.0 Å². The van der Waals surface area contributed by atoms with Crippen molar-refractivity contribution in [1.82, 2.24) is 5.32 Å². The average molecular weight is 250 g/mol. The lowest BCUT2D eigenvalue weighted by Gasteiger charge is -2.14. The van der Waals surface area contributed by atoms with Crippen molar-refractivity contribution in [1.29, 1.82) is 0 Å². The summed E-state index contributed by atoms with van der Waals surface area (Å²) in [6.45, 7) is 6.29. The number of nitrogens with one attached hydrogen (secondary N) is 2. The first-order valence-electron chi connectivity index (χ1n) is 6.24. The summed E-state index contributed by atoms with van der Waals surface area (Å²) in [5.74, 6) is 0.741. The van der Waals surface area contributed by atoms with Crippen LogP contribution < -0.4 is 15.4 Å². The Bertz CT molecular complexity index is 405. The highest BCUT2D eigenvalue weighted by Crippen LogP contribution is 2.24. The molecule has 2 N–H and O–H groups in total. The van der Waals surface area contributed by atoms with Crippen LogP contribution in [0.2, 0.25) is 0 Å². The van der Waals surface area contributed by atoms with E-state index in [0.29, 0.717) is 0 Å². The maximum Gasteiger partial charge on any atom is 0.239 e. The summed E-state index contributed by atoms with van der Waals surface area (Å²) in [5.41, 5.74) is 1.97. The van der Waals surface area contributed by atoms with Gasteiger partial charge >= 0.3 is 0 Å². The van der Waals surface area contributed by atoms with Gasteiger partial charge in [-0.05, 0) is 38.0 Å². The van der Waals surface area contributed by atoms with E-state index in [-0.39, 0.29) is 18.5 Å². The topological polar surface area (TPSA) is 50.4 Å². The van der Waals surface area contributed by atoms with Crippen molar-refractivity contribution in [3.63, 3.8) is 0 Å². The number of hydrogen-bond donors (Lipinski definition) is 2. The maximum absolute atomic E-state index is 11.7. The van der Waals surface area contributed by atoms with Gasteiger partial charge in [-0.2, -0.15) is 0 Å². The highest BCUT2D eigenvalue weighted by Gasteiger charge is 2.07. The van der Waals surface area contributed by atoms with Crippen LogP contribution in [0.4, 0.5) is 5.69 Å². The predicted octanol–water partition coefficient (Wildman–Crippen LogP) is 2.33. The number of methoxy groups -OCH3 is 1. The van der Waals surface area contributed by atoms with Crippen LogP contribution in [0.1, 0.15) is 25.8 Å². The fourth-order valence-corrected chi connectivity index (χ4v) is 1.56. The highest BCUT2D eigenvalue weighted by molar-refractivity contribution is 5.81. The first-order valence-corrected chi connectivity index (χ1v) is 6.24. The second kappa shape index (κ2) is 6.89. The molecule has 4 heteroatoms. The Labute approximate surface area is 109 Å². The molecule has 1 unspecified atom stereocenters. The number of benzene rings is 1. The Morgan fingerprint density at radius 3 is 2.78 bits per heavy atom. The van der Waals surface area contributed by atoms with Crippen LogP contribution in [0.15, 0.2) is 18.2 Å². The number of rotatable bonds is 6. The third-order valence-corrected chi connectivity index (χ3v) is 2.81. The van der Waals surface area contributed by atoms with Gasteiger partial charge < -0.3 is 15.4 Å². The minimum absolute atomic E-state index is 0.00657. The molecule has 1 rings (SSSR count). The smallest absolute Gasteiger partial charge is 0.239 e. The molecule has 4 nitrogen and oxygen atoms in total. The fourth-order valence-electron chi connectivity index (χ4n) is 1.56. The first-order chi connectivity index (χ1) is 8.56. The number of amides is 1. The van der Waals surface area contributed by atoms with Crippen molar-refractivity contribution < 1.29 is 9.53 Å². The van der Waals surface area contributed by atoms with E-state index in [1.54, 1.807) is 7.11 Å². The van der Waals surface area contributed by atoms with E-state index in [1.807, 2.05) is 39.0 Å². The standard InChI is InChI=1S/C14H22N2O2/c1-5-11(3)16-14(17)9-15-12-8-10(2)6-7-13(12)18-4/h6-8,11,15H,5,9H2,1-4H3,(H,16,17). The Morgan fingerprint density at radius 2 is 2.17 bits per heavy atom. The van der Waals surface area contributed by atoms with Crippen molar-refractivity contribution in [3.05, 3.63) is 23.8 Å². The Hall–Kier alpha value is -1.71. The normalized spacial score (nSPS) is 11.8. The zero-order valence-corrected chi connectivity index (χ0v) is 11.5. The van der Waals surface area contributed by atoms with Gasteiger partial charge in [0.1, 0.15) is 5.75 Å². The van der Waals surface area contributed by atoms with E-state index in [0.717, 1.165) is 23.4 Å². The molecule has 18 heavy (non-hydrogen) atoms. The number of aryl methyl sites for hydroxylation is 1. The number of carbonyl (C=O) groups excluding carboxylic acids is 1. The molecule has 0 heterocycles. The molecule has 0 saturated carbocycles. The molecule has 0 aromatic heterocycles. The Morgan fingerprint density at radius 1 is 1.44 bits per heavy atom. The molecule has 0 aliphatic heterocycles. The van der Waals surface area contributed by atoms with Crippen LogP contribution in [-0.4, -0.2) is 25.6 Å². The predicted molar refractivity (Wildman–Crippen MR) is 74.1 cm³/mol. The lowest BCUT2D eigenvalue weighted by Crippen LogP contribution is -2.36. The zero-order valence-electron chi connectivity index (χ0n) is 11.5. The van der Waals surface area contributed by atoms with Crippen LogP contribution in [0.3, 0.4) is 0 Å². The van der Waals surface area contributed by atoms with Crippen molar-refractivity contribution in [2.24, 2.45) is 0 Å². The van der Waals surface area contributed by atoms with Gasteiger partial charge in [-0.15, -0.1) is 0 Å². The minimum Gasteiger partial charge on any atom is -0.495 e. The van der Waals surface area contributed by atoms with E-state index < -0.39 is 0 Å². The van der Waals surface area contributed by atoms with Crippen molar-refractivity contribution in [2.45, 2.75) is 33.2 Å². The van der Waals surface area contributed by atoms with Gasteiger partial charge in [0.15, 0.2) is 0 Å². The largest absolute Gasteiger partial charge is 0.495 e. The second-order valence-corrected chi connectivity index (χ2v) is 4.43. The summed E-state index contributed by atoms with van der Waals surface area (Å²) in [6, 6.07) is 6.04. The molecule has 1 amide bonds. The van der Waals surface area contributed by atoms with E-state index >= 15 is 0 Å². The third kappa shape index (κ3) is 4.28. The summed E-state index contributed by atoms with van der Waals surface area (Å²) in [4.78, 5) is 11.7. The molecule has 0 fully saturated rings. The summed E-state index contributed by atoms with van der Waals surface area (Å²) < 4.78 is 5.24. The minimum atomic E-state index is -0.00657. The second-order valence-electron chi connectivity index (χ2n) is 4.43. The monoisotopic (exact) mass is 250 g/mol. The van der Waals surface area contributed by atoms with Crippen LogP contribution in [0.25, 0.3) is 0 Å². The molecule has 0 radical (unpaired) electrons. The summed E-state index contributed by atoms with van der Waals surface area (Å²) in [6.07, 6.45) is 0.930. The Kier molecular flexibility index (Phi) is 5.49. The van der Waals surface area contributed by atoms with Gasteiger partial charge in [0.2, 0.25) is 5.91 Å². The van der Waals surface area contributed by atoms with Gasteiger partial charge in [0.25, 0.3) is 0 Å². The first kappa shape index (κ1) is 14.4. The molecule has 0 spiro atoms. The summed E-state index contributed by atoms with van der Waals surface area (Å²) >= 11 is 0. The maximum atomic E-state index is 11.7. The highest BCUT2D eigenvalue weighted by atomic mass is 16.5. The van der Waals surface area contributed by atoms with E-state index in [4.69, 9.17) is 4.74 Å². The van der Waals surface area contributed by atoms with Crippen molar-refractivity contribution in [3.8, 4) is 5.75 Å². The third-order valence-electron chi connectivity index (χ3n) is 2.81. The molecule has 1 aromatic carbocycles. The van der Waals surface area contributed by atoms with Crippen LogP contribution in [0.5, 0.6) is 5.75 Å². The van der Waals surface area contributed by atoms with Crippen molar-refractivity contribution in [2.75, 3.05) is 19.0 Å². The van der Waals surface area contributed by atoms with Crippen LogP contribution in [0, 0.1) is 6.92 Å². The van der Waals surface area contributed by atoms with E-state index in [2.05, 4.69) is 10.6 Å².